The van der Waals surface area contributed by atoms with Crippen LogP contribution in [0.3, 0.4) is 0 Å². The van der Waals surface area contributed by atoms with Gasteiger partial charge in [0.25, 0.3) is 0 Å². The number of nitrogens with zero attached hydrogens (tertiary/aromatic N) is 2. The molecule has 0 amide bonds. The molecule has 1 N–H and O–H groups in total. The molecule has 1 heterocycles. The molecule has 1 aromatic rings. The summed E-state index contributed by atoms with van der Waals surface area (Å²) in [6.45, 7) is 5.29. The van der Waals surface area contributed by atoms with Crippen LogP contribution in [0.25, 0.3) is 0 Å². The van der Waals surface area contributed by atoms with Crippen molar-refractivity contribution in [3.05, 3.63) is 17.5 Å². The Morgan fingerprint density at radius 2 is 2.15 bits per heavy atom. The van der Waals surface area contributed by atoms with Crippen molar-refractivity contribution < 1.29 is 9.53 Å². The second kappa shape index (κ2) is 6.88. The highest BCUT2D eigenvalue weighted by Crippen LogP contribution is 2.25. The SMILES string of the molecule is CCOC(=O)C1CCC(NCc2cnn(C)c2C)CC1. The van der Waals surface area contributed by atoms with Gasteiger partial charge in [0.15, 0.2) is 0 Å². The molecule has 0 unspecified atom stereocenters. The monoisotopic (exact) mass is 279 g/mol. The van der Waals surface area contributed by atoms with Gasteiger partial charge in [-0.3, -0.25) is 9.48 Å². The third-order valence-electron chi connectivity index (χ3n) is 4.27. The minimum absolute atomic E-state index is 0.0194. The average Bonchev–Trinajstić information content (AvgIpc) is 2.77. The zero-order chi connectivity index (χ0) is 14.5. The highest BCUT2D eigenvalue weighted by molar-refractivity contribution is 5.72. The smallest absolute Gasteiger partial charge is 0.308 e. The molecule has 1 aliphatic rings. The molecule has 0 bridgehead atoms. The Morgan fingerprint density at radius 3 is 2.70 bits per heavy atom. The van der Waals surface area contributed by atoms with E-state index in [1.54, 1.807) is 0 Å². The van der Waals surface area contributed by atoms with Crippen molar-refractivity contribution >= 4 is 5.97 Å². The van der Waals surface area contributed by atoms with Crippen molar-refractivity contribution in [1.29, 1.82) is 0 Å². The summed E-state index contributed by atoms with van der Waals surface area (Å²) in [4.78, 5) is 11.7. The fourth-order valence-corrected chi connectivity index (χ4v) is 2.77. The van der Waals surface area contributed by atoms with Gasteiger partial charge in [-0.15, -0.1) is 0 Å². The van der Waals surface area contributed by atoms with Gasteiger partial charge in [-0.05, 0) is 39.5 Å². The zero-order valence-electron chi connectivity index (χ0n) is 12.7. The number of hydrogen-bond acceptors (Lipinski definition) is 4. The molecule has 0 aromatic carbocycles. The van der Waals surface area contributed by atoms with E-state index in [0.717, 1.165) is 32.2 Å². The summed E-state index contributed by atoms with van der Waals surface area (Å²) in [5.41, 5.74) is 2.46. The van der Waals surface area contributed by atoms with Gasteiger partial charge in [-0.25, -0.2) is 0 Å². The Bertz CT molecular complexity index is 448. The van der Waals surface area contributed by atoms with E-state index in [9.17, 15) is 4.79 Å². The molecular formula is C15H25N3O2. The van der Waals surface area contributed by atoms with Crippen LogP contribution >= 0.6 is 0 Å². The van der Waals surface area contributed by atoms with Gasteiger partial charge in [-0.2, -0.15) is 5.10 Å². The topological polar surface area (TPSA) is 56.1 Å². The summed E-state index contributed by atoms with van der Waals surface area (Å²) in [5.74, 6) is 0.0854. The van der Waals surface area contributed by atoms with Crippen LogP contribution in [0.1, 0.15) is 43.9 Å². The first-order chi connectivity index (χ1) is 9.61. The quantitative estimate of drug-likeness (QED) is 0.837. The van der Waals surface area contributed by atoms with E-state index < -0.39 is 0 Å². The molecule has 20 heavy (non-hydrogen) atoms. The first kappa shape index (κ1) is 15.0. The maximum absolute atomic E-state index is 11.7. The lowest BCUT2D eigenvalue weighted by molar-refractivity contribution is -0.149. The standard InChI is InChI=1S/C15H25N3O2/c1-4-20-15(19)12-5-7-14(8-6-12)16-9-13-10-17-18(3)11(13)2/h10,12,14,16H,4-9H2,1-3H3. The Hall–Kier alpha value is -1.36. The highest BCUT2D eigenvalue weighted by atomic mass is 16.5. The van der Waals surface area contributed by atoms with Crippen LogP contribution in [0.2, 0.25) is 0 Å². The molecule has 1 saturated carbocycles. The Balaban J connectivity index is 1.75. The van der Waals surface area contributed by atoms with Crippen molar-refractivity contribution in [2.45, 2.75) is 52.1 Å². The number of nitrogens with one attached hydrogen (secondary N) is 1. The fourth-order valence-electron chi connectivity index (χ4n) is 2.77. The lowest BCUT2D eigenvalue weighted by Crippen LogP contribution is -2.35. The molecule has 5 nitrogen and oxygen atoms in total. The number of ether oxygens (including phenoxy) is 1. The van der Waals surface area contributed by atoms with E-state index in [1.165, 1.54) is 11.3 Å². The molecule has 0 spiro atoms. The molecule has 0 radical (unpaired) electrons. The molecule has 5 heteroatoms. The maximum atomic E-state index is 11.7. The van der Waals surface area contributed by atoms with Crippen LogP contribution in [0.15, 0.2) is 6.20 Å². The molecule has 2 rings (SSSR count). The lowest BCUT2D eigenvalue weighted by Gasteiger charge is -2.27. The van der Waals surface area contributed by atoms with E-state index in [1.807, 2.05) is 24.9 Å². The van der Waals surface area contributed by atoms with Crippen molar-refractivity contribution in [1.82, 2.24) is 15.1 Å². The van der Waals surface area contributed by atoms with Gasteiger partial charge in [-0.1, -0.05) is 0 Å². The summed E-state index contributed by atoms with van der Waals surface area (Å²) >= 11 is 0. The molecule has 1 fully saturated rings. The number of rotatable bonds is 5. The number of aromatic nitrogens is 2. The van der Waals surface area contributed by atoms with Crippen LogP contribution in [-0.4, -0.2) is 28.4 Å². The van der Waals surface area contributed by atoms with E-state index >= 15 is 0 Å². The predicted octanol–water partition coefficient (Wildman–Crippen LogP) is 1.94. The van der Waals surface area contributed by atoms with Gasteiger partial charge in [0.2, 0.25) is 0 Å². The summed E-state index contributed by atoms with van der Waals surface area (Å²) in [6.07, 6.45) is 5.88. The second-order valence-electron chi connectivity index (χ2n) is 5.56. The molecule has 112 valence electrons. The van der Waals surface area contributed by atoms with Gasteiger partial charge in [0.05, 0.1) is 18.7 Å². The number of carbonyl (C=O) groups excluding carboxylic acids is 1. The predicted molar refractivity (Wildman–Crippen MR) is 77.2 cm³/mol. The molecule has 1 aromatic heterocycles. The Labute approximate surface area is 120 Å². The maximum Gasteiger partial charge on any atom is 0.308 e. The van der Waals surface area contributed by atoms with Gasteiger partial charge >= 0.3 is 5.97 Å². The molecule has 1 aliphatic carbocycles. The first-order valence-corrected chi connectivity index (χ1v) is 7.49. The second-order valence-corrected chi connectivity index (χ2v) is 5.56. The number of esters is 1. The molecule has 0 saturated heterocycles. The van der Waals surface area contributed by atoms with Gasteiger partial charge in [0.1, 0.15) is 0 Å². The summed E-state index contributed by atoms with van der Waals surface area (Å²) in [7, 11) is 1.96. The van der Waals surface area contributed by atoms with E-state index in [4.69, 9.17) is 4.74 Å². The molecule has 0 atom stereocenters. The average molecular weight is 279 g/mol. The third kappa shape index (κ3) is 3.60. The Morgan fingerprint density at radius 1 is 1.45 bits per heavy atom. The van der Waals surface area contributed by atoms with Crippen molar-refractivity contribution in [2.24, 2.45) is 13.0 Å². The van der Waals surface area contributed by atoms with Crippen LogP contribution < -0.4 is 5.32 Å². The fraction of sp³-hybridized carbons (Fsp3) is 0.733. The van der Waals surface area contributed by atoms with Gasteiger partial charge < -0.3 is 10.1 Å². The van der Waals surface area contributed by atoms with Crippen LogP contribution in [0, 0.1) is 12.8 Å². The van der Waals surface area contributed by atoms with Crippen molar-refractivity contribution in [3.63, 3.8) is 0 Å². The minimum atomic E-state index is -0.0194. The van der Waals surface area contributed by atoms with Crippen LogP contribution in [-0.2, 0) is 23.1 Å². The molecular weight excluding hydrogens is 254 g/mol. The first-order valence-electron chi connectivity index (χ1n) is 7.49. The van der Waals surface area contributed by atoms with Crippen LogP contribution in [0.5, 0.6) is 0 Å². The lowest BCUT2D eigenvalue weighted by atomic mass is 9.86. The minimum Gasteiger partial charge on any atom is -0.466 e. The number of aryl methyl sites for hydroxylation is 1. The summed E-state index contributed by atoms with van der Waals surface area (Å²) in [6, 6.07) is 0.500. The van der Waals surface area contributed by atoms with E-state index in [0.29, 0.717) is 12.6 Å². The van der Waals surface area contributed by atoms with Crippen LogP contribution in [0.4, 0.5) is 0 Å². The number of hydrogen-bond donors (Lipinski definition) is 1. The largest absolute Gasteiger partial charge is 0.466 e. The Kier molecular flexibility index (Phi) is 5.17. The zero-order valence-corrected chi connectivity index (χ0v) is 12.7. The third-order valence-corrected chi connectivity index (χ3v) is 4.27. The highest BCUT2D eigenvalue weighted by Gasteiger charge is 2.26. The van der Waals surface area contributed by atoms with Crippen molar-refractivity contribution in [3.8, 4) is 0 Å². The number of carbonyl (C=O) groups is 1. The van der Waals surface area contributed by atoms with E-state index in [2.05, 4.69) is 17.3 Å². The summed E-state index contributed by atoms with van der Waals surface area (Å²) in [5, 5.41) is 7.83. The van der Waals surface area contributed by atoms with Gasteiger partial charge in [0, 0.05) is 30.9 Å². The normalized spacial score (nSPS) is 22.8. The van der Waals surface area contributed by atoms with Crippen molar-refractivity contribution in [2.75, 3.05) is 6.61 Å². The van der Waals surface area contributed by atoms with E-state index in [-0.39, 0.29) is 11.9 Å². The summed E-state index contributed by atoms with van der Waals surface area (Å²) < 4.78 is 6.99. The molecule has 0 aliphatic heterocycles.